The summed E-state index contributed by atoms with van der Waals surface area (Å²) in [6, 6.07) is 0.958. The number of rotatable bonds is 2. The van der Waals surface area contributed by atoms with E-state index in [4.69, 9.17) is 16.7 Å². The summed E-state index contributed by atoms with van der Waals surface area (Å²) in [5.41, 5.74) is -0.441. The minimum absolute atomic E-state index is 0.291. The number of fused-ring (bicyclic) bond motifs is 1. The molecule has 0 saturated carbocycles. The normalized spacial score (nSPS) is 12.0. The predicted molar refractivity (Wildman–Crippen MR) is 80.2 cm³/mol. The van der Waals surface area contributed by atoms with Crippen LogP contribution in [0.25, 0.3) is 16.8 Å². The highest BCUT2D eigenvalue weighted by Gasteiger charge is 2.36. The number of aromatic carboxylic acids is 1. The van der Waals surface area contributed by atoms with Crippen molar-refractivity contribution in [2.24, 2.45) is 0 Å². The van der Waals surface area contributed by atoms with Crippen LogP contribution in [0, 0.1) is 6.92 Å². The highest BCUT2D eigenvalue weighted by molar-refractivity contribution is 7.08. The number of carbonyl (C=O) groups is 1. The first-order chi connectivity index (χ1) is 10.7. The molecule has 0 aliphatic rings. The predicted octanol–water partition coefficient (Wildman–Crippen LogP) is 4.74. The average Bonchev–Trinajstić information content (AvgIpc) is 3.01. The molecule has 0 radical (unpaired) electrons. The van der Waals surface area contributed by atoms with Crippen LogP contribution in [0.5, 0.6) is 0 Å². The van der Waals surface area contributed by atoms with E-state index in [1.54, 1.807) is 12.3 Å². The van der Waals surface area contributed by atoms with Gasteiger partial charge in [0.25, 0.3) is 0 Å². The first-order valence-electron chi connectivity index (χ1n) is 6.25. The van der Waals surface area contributed by atoms with Crippen molar-refractivity contribution in [2.45, 2.75) is 13.1 Å². The molecule has 0 saturated heterocycles. The zero-order valence-electron chi connectivity index (χ0n) is 11.5. The Morgan fingerprint density at radius 3 is 2.61 bits per heavy atom. The maximum atomic E-state index is 13.3. The molecule has 0 unspecified atom stereocenters. The van der Waals surface area contributed by atoms with E-state index in [1.807, 2.05) is 5.38 Å². The first-order valence-corrected chi connectivity index (χ1v) is 7.57. The van der Waals surface area contributed by atoms with Crippen molar-refractivity contribution in [3.05, 3.63) is 45.0 Å². The van der Waals surface area contributed by atoms with Gasteiger partial charge in [0.05, 0.1) is 5.56 Å². The average molecular weight is 361 g/mol. The molecule has 0 fully saturated rings. The van der Waals surface area contributed by atoms with Crippen LogP contribution in [0.15, 0.2) is 23.0 Å². The Morgan fingerprint density at radius 1 is 1.39 bits per heavy atom. The van der Waals surface area contributed by atoms with Gasteiger partial charge in [-0.1, -0.05) is 11.6 Å². The molecule has 3 heterocycles. The van der Waals surface area contributed by atoms with Gasteiger partial charge in [-0.3, -0.25) is 4.40 Å². The molecule has 0 aliphatic heterocycles. The minimum Gasteiger partial charge on any atom is -0.476 e. The number of imidazole rings is 1. The van der Waals surface area contributed by atoms with Crippen molar-refractivity contribution < 1.29 is 23.1 Å². The fourth-order valence-corrected chi connectivity index (χ4v) is 3.37. The summed E-state index contributed by atoms with van der Waals surface area (Å²) in [7, 11) is 0. The third kappa shape index (κ3) is 2.57. The van der Waals surface area contributed by atoms with Crippen molar-refractivity contribution in [2.75, 3.05) is 0 Å². The number of aryl methyl sites for hydroxylation is 1. The van der Waals surface area contributed by atoms with E-state index >= 15 is 0 Å². The van der Waals surface area contributed by atoms with Crippen LogP contribution in [0.3, 0.4) is 0 Å². The first kappa shape index (κ1) is 15.8. The minimum atomic E-state index is -4.69. The standard InChI is InChI=1S/C14H8ClF3N2O2S/c1-6-4-23-5-8(6)7-2-9(14(16,17)18)12-19-10(13(21)22)11(15)20(12)3-7/h2-5H,1H3,(H,21,22). The maximum absolute atomic E-state index is 13.3. The van der Waals surface area contributed by atoms with Gasteiger partial charge in [-0.05, 0) is 34.9 Å². The number of thiophene rings is 1. The lowest BCUT2D eigenvalue weighted by Crippen LogP contribution is -2.08. The number of alkyl halides is 3. The number of pyridine rings is 1. The van der Waals surface area contributed by atoms with Gasteiger partial charge < -0.3 is 5.11 Å². The molecular weight excluding hydrogens is 353 g/mol. The third-order valence-electron chi connectivity index (χ3n) is 3.34. The summed E-state index contributed by atoms with van der Waals surface area (Å²) < 4.78 is 41.0. The molecule has 4 nitrogen and oxygen atoms in total. The molecule has 3 rings (SSSR count). The Hall–Kier alpha value is -2.06. The Labute approximate surface area is 136 Å². The number of nitrogens with zero attached hydrogens (tertiary/aromatic N) is 2. The van der Waals surface area contributed by atoms with Crippen molar-refractivity contribution in [1.82, 2.24) is 9.38 Å². The van der Waals surface area contributed by atoms with E-state index in [9.17, 15) is 18.0 Å². The van der Waals surface area contributed by atoms with Gasteiger partial charge in [-0.25, -0.2) is 9.78 Å². The number of aromatic nitrogens is 2. The van der Waals surface area contributed by atoms with Gasteiger partial charge in [-0.15, -0.1) is 0 Å². The SMILES string of the molecule is Cc1cscc1-c1cc(C(F)(F)F)c2nc(C(=O)O)c(Cl)n2c1. The van der Waals surface area contributed by atoms with Crippen LogP contribution in [-0.2, 0) is 6.18 Å². The highest BCUT2D eigenvalue weighted by atomic mass is 35.5. The van der Waals surface area contributed by atoms with E-state index in [-0.39, 0.29) is 5.15 Å². The van der Waals surface area contributed by atoms with Gasteiger partial charge in [0.15, 0.2) is 11.3 Å². The largest absolute Gasteiger partial charge is 0.476 e. The van der Waals surface area contributed by atoms with E-state index < -0.39 is 29.1 Å². The number of hydrogen-bond donors (Lipinski definition) is 1. The second-order valence-electron chi connectivity index (χ2n) is 4.86. The van der Waals surface area contributed by atoms with Gasteiger partial charge in [0.1, 0.15) is 5.15 Å². The Kier molecular flexibility index (Phi) is 3.61. The zero-order chi connectivity index (χ0) is 16.9. The lowest BCUT2D eigenvalue weighted by Gasteiger charge is -2.11. The quantitative estimate of drug-likeness (QED) is 0.718. The summed E-state index contributed by atoms with van der Waals surface area (Å²) in [6.45, 7) is 1.78. The molecule has 3 aromatic heterocycles. The van der Waals surface area contributed by atoms with Crippen molar-refractivity contribution in [1.29, 1.82) is 0 Å². The van der Waals surface area contributed by atoms with E-state index in [1.165, 1.54) is 17.5 Å². The van der Waals surface area contributed by atoms with Gasteiger partial charge in [0, 0.05) is 11.8 Å². The van der Waals surface area contributed by atoms with Gasteiger partial charge in [0.2, 0.25) is 0 Å². The number of halogens is 4. The molecule has 0 amide bonds. The second kappa shape index (κ2) is 5.24. The van der Waals surface area contributed by atoms with E-state index in [0.29, 0.717) is 11.1 Å². The van der Waals surface area contributed by atoms with Crippen molar-refractivity contribution in [3.8, 4) is 11.1 Å². The zero-order valence-corrected chi connectivity index (χ0v) is 13.1. The summed E-state index contributed by atoms with van der Waals surface area (Å²) in [5.74, 6) is -1.49. The van der Waals surface area contributed by atoms with E-state index in [2.05, 4.69) is 4.98 Å². The van der Waals surface area contributed by atoms with Crippen LogP contribution in [0.1, 0.15) is 21.6 Å². The molecule has 1 N–H and O–H groups in total. The summed E-state index contributed by atoms with van der Waals surface area (Å²) >= 11 is 7.26. The molecule has 9 heteroatoms. The molecule has 0 bridgehead atoms. The molecule has 0 aliphatic carbocycles. The number of hydrogen-bond acceptors (Lipinski definition) is 3. The topological polar surface area (TPSA) is 54.6 Å². The molecule has 120 valence electrons. The fourth-order valence-electron chi connectivity index (χ4n) is 2.27. The van der Waals surface area contributed by atoms with Gasteiger partial charge >= 0.3 is 12.1 Å². The summed E-state index contributed by atoms with van der Waals surface area (Å²) in [6.07, 6.45) is -3.33. The molecule has 0 spiro atoms. The van der Waals surface area contributed by atoms with Crippen LogP contribution < -0.4 is 0 Å². The Balaban J connectivity index is 2.40. The molecule has 0 atom stereocenters. The maximum Gasteiger partial charge on any atom is 0.420 e. The summed E-state index contributed by atoms with van der Waals surface area (Å²) in [5, 5.41) is 12.2. The Bertz CT molecular complexity index is 930. The van der Waals surface area contributed by atoms with Crippen molar-refractivity contribution in [3.63, 3.8) is 0 Å². The fraction of sp³-hybridized carbons (Fsp3) is 0.143. The van der Waals surface area contributed by atoms with Crippen LogP contribution >= 0.6 is 22.9 Å². The number of carboxylic acids is 1. The molecule has 3 aromatic rings. The lowest BCUT2D eigenvalue weighted by atomic mass is 10.1. The summed E-state index contributed by atoms with van der Waals surface area (Å²) in [4.78, 5) is 14.6. The molecule has 0 aromatic carbocycles. The third-order valence-corrected chi connectivity index (χ3v) is 4.56. The van der Waals surface area contributed by atoms with E-state index in [0.717, 1.165) is 16.0 Å². The monoisotopic (exact) mass is 360 g/mol. The van der Waals surface area contributed by atoms with Crippen LogP contribution in [0.4, 0.5) is 13.2 Å². The Morgan fingerprint density at radius 2 is 2.09 bits per heavy atom. The van der Waals surface area contributed by atoms with Gasteiger partial charge in [-0.2, -0.15) is 24.5 Å². The number of carboxylic acid groups (broad SMARTS) is 1. The molecule has 23 heavy (non-hydrogen) atoms. The molecular formula is C14H8ClF3N2O2S. The lowest BCUT2D eigenvalue weighted by molar-refractivity contribution is -0.136. The van der Waals surface area contributed by atoms with Crippen LogP contribution in [-0.4, -0.2) is 20.5 Å². The highest BCUT2D eigenvalue weighted by Crippen LogP contribution is 2.38. The van der Waals surface area contributed by atoms with Crippen LogP contribution in [0.2, 0.25) is 5.15 Å². The smallest absolute Gasteiger partial charge is 0.420 e. The second-order valence-corrected chi connectivity index (χ2v) is 5.96. The van der Waals surface area contributed by atoms with Crippen molar-refractivity contribution >= 4 is 34.6 Å².